The topological polar surface area (TPSA) is 184 Å². The van der Waals surface area contributed by atoms with Crippen molar-refractivity contribution in [2.24, 2.45) is 41.4 Å². The number of carbonyl (C=O) groups excluding carboxylic acids is 4. The van der Waals surface area contributed by atoms with Gasteiger partial charge in [0.25, 0.3) is 0 Å². The first-order chi connectivity index (χ1) is 26.2. The minimum atomic E-state index is -1.09. The summed E-state index contributed by atoms with van der Waals surface area (Å²) >= 11 is 0. The highest BCUT2D eigenvalue weighted by atomic mass is 16.5. The number of benzene rings is 1. The van der Waals surface area contributed by atoms with E-state index in [1.165, 1.54) is 14.2 Å². The van der Waals surface area contributed by atoms with E-state index >= 15 is 0 Å². The Morgan fingerprint density at radius 3 is 2.00 bits per heavy atom. The van der Waals surface area contributed by atoms with Crippen LogP contribution < -0.4 is 5.73 Å². The average Bonchev–Trinajstić information content (AvgIpc) is 3.57. The molecule has 0 unspecified atom stereocenters. The Morgan fingerprint density at radius 2 is 1.54 bits per heavy atom. The van der Waals surface area contributed by atoms with Gasteiger partial charge in [-0.1, -0.05) is 67.0 Å². The molecule has 13 heteroatoms. The third-order valence-corrected chi connectivity index (χ3v) is 11.9. The summed E-state index contributed by atoms with van der Waals surface area (Å²) in [7, 11) is 8.43. The number of likely N-dealkylation sites (N-methyl/N-ethyl adjacent to an activating group) is 2. The van der Waals surface area contributed by atoms with Crippen molar-refractivity contribution in [3.8, 4) is 6.07 Å². The van der Waals surface area contributed by atoms with E-state index in [4.69, 9.17) is 15.2 Å². The minimum absolute atomic E-state index is 0.0109. The molecule has 1 fully saturated rings. The first kappa shape index (κ1) is 48.3. The normalized spacial score (nSPS) is 20.1. The molecule has 0 radical (unpaired) electrons. The van der Waals surface area contributed by atoms with E-state index in [0.717, 1.165) is 5.56 Å². The molecule has 314 valence electrons. The Kier molecular flexibility index (Phi) is 19.1. The lowest BCUT2D eigenvalue weighted by Crippen LogP contribution is -2.54. The number of aliphatic carboxylic acids is 1. The van der Waals surface area contributed by atoms with Gasteiger partial charge in [-0.25, -0.2) is 0 Å². The smallest absolute Gasteiger partial charge is 0.307 e. The average molecular weight is 784 g/mol. The summed E-state index contributed by atoms with van der Waals surface area (Å²) in [6.07, 6.45) is -0.624. The number of methoxy groups -OCH3 is 2. The fourth-order valence-corrected chi connectivity index (χ4v) is 8.53. The van der Waals surface area contributed by atoms with Crippen LogP contribution in [0.5, 0.6) is 0 Å². The second-order valence-electron chi connectivity index (χ2n) is 16.8. The van der Waals surface area contributed by atoms with Crippen LogP contribution in [0.15, 0.2) is 24.3 Å². The van der Waals surface area contributed by atoms with Crippen LogP contribution in [0.4, 0.5) is 5.69 Å². The second-order valence-corrected chi connectivity index (χ2v) is 16.8. The van der Waals surface area contributed by atoms with Crippen LogP contribution in [0.2, 0.25) is 0 Å². The molecule has 1 aromatic rings. The van der Waals surface area contributed by atoms with Crippen LogP contribution in [0.3, 0.4) is 0 Å². The molecular formula is C43H69N5O8. The van der Waals surface area contributed by atoms with E-state index in [1.807, 2.05) is 60.5 Å². The molecule has 1 heterocycles. The fourth-order valence-electron chi connectivity index (χ4n) is 8.53. The molecule has 1 aromatic carbocycles. The van der Waals surface area contributed by atoms with Crippen LogP contribution in [0.1, 0.15) is 86.1 Å². The number of likely N-dealkylation sites (tertiary alicyclic amines) is 1. The summed E-state index contributed by atoms with van der Waals surface area (Å²) in [5.41, 5.74) is 7.08. The molecule has 0 spiro atoms. The van der Waals surface area contributed by atoms with Crippen LogP contribution in [-0.2, 0) is 39.9 Å². The van der Waals surface area contributed by atoms with Crippen molar-refractivity contribution < 1.29 is 38.6 Å². The minimum Gasteiger partial charge on any atom is -0.481 e. The maximum Gasteiger partial charge on any atom is 0.307 e. The summed E-state index contributed by atoms with van der Waals surface area (Å²) in [4.78, 5) is 73.3. The molecule has 10 atom stereocenters. The third kappa shape index (κ3) is 12.6. The number of ketones is 2. The highest BCUT2D eigenvalue weighted by Gasteiger charge is 2.46. The van der Waals surface area contributed by atoms with Crippen molar-refractivity contribution in [2.75, 3.05) is 47.6 Å². The number of carboxylic acids is 1. The number of ether oxygens (including phenoxy) is 2. The zero-order valence-corrected chi connectivity index (χ0v) is 35.9. The number of nitrogen functional groups attached to an aromatic ring is 1. The van der Waals surface area contributed by atoms with Crippen LogP contribution >= 0.6 is 0 Å². The Hall–Kier alpha value is -3.86. The monoisotopic (exact) mass is 784 g/mol. The first-order valence-corrected chi connectivity index (χ1v) is 20.0. The number of nitrogens with zero attached hydrogens (tertiary/aromatic N) is 4. The molecule has 1 saturated heterocycles. The molecule has 0 bridgehead atoms. The van der Waals surface area contributed by atoms with Crippen molar-refractivity contribution in [1.82, 2.24) is 14.7 Å². The fraction of sp³-hybridized carbons (Fsp3) is 0.721. The van der Waals surface area contributed by atoms with E-state index < -0.39 is 53.9 Å². The Balaban J connectivity index is 2.36. The van der Waals surface area contributed by atoms with Gasteiger partial charge in [0.05, 0.1) is 54.7 Å². The SMILES string of the molecule is CC[C@H](C)[C@@H]([C@@H](CC(=O)N1C[C@H](C#N)C[C@H]1[C@H](OC)[C@@H](C)C(=O)C[C@@H](Cc1ccc(N)cc1)C(=O)O)OC)N(C)C(=O)[C@@H](CC(=O)[C@H](C(C)C)N(C)C)C(C)C. The van der Waals surface area contributed by atoms with Gasteiger partial charge in [-0.05, 0) is 62.4 Å². The summed E-state index contributed by atoms with van der Waals surface area (Å²) in [6, 6.07) is 7.68. The van der Waals surface area contributed by atoms with Crippen LogP contribution in [0, 0.1) is 52.8 Å². The van der Waals surface area contributed by atoms with Gasteiger partial charge in [-0.3, -0.25) is 28.9 Å². The molecule has 3 N–H and O–H groups in total. The lowest BCUT2D eigenvalue weighted by atomic mass is 9.83. The zero-order valence-electron chi connectivity index (χ0n) is 35.9. The number of hydrogen-bond donors (Lipinski definition) is 2. The van der Waals surface area contributed by atoms with Crippen molar-refractivity contribution in [1.29, 1.82) is 5.26 Å². The lowest BCUT2D eigenvalue weighted by Gasteiger charge is -2.41. The third-order valence-electron chi connectivity index (χ3n) is 11.9. The molecule has 56 heavy (non-hydrogen) atoms. The van der Waals surface area contributed by atoms with E-state index in [0.29, 0.717) is 12.1 Å². The lowest BCUT2D eigenvalue weighted by molar-refractivity contribution is -0.149. The molecule has 0 aliphatic carbocycles. The molecule has 1 aliphatic rings. The van der Waals surface area contributed by atoms with Crippen molar-refractivity contribution >= 4 is 35.0 Å². The number of rotatable bonds is 23. The quantitative estimate of drug-likeness (QED) is 0.143. The summed E-state index contributed by atoms with van der Waals surface area (Å²) < 4.78 is 11.9. The maximum atomic E-state index is 14.3. The van der Waals surface area contributed by atoms with Gasteiger partial charge in [-0.2, -0.15) is 5.26 Å². The van der Waals surface area contributed by atoms with Gasteiger partial charge in [-0.15, -0.1) is 0 Å². The Morgan fingerprint density at radius 1 is 0.929 bits per heavy atom. The summed E-state index contributed by atoms with van der Waals surface area (Å²) in [5.74, 6) is -4.82. The van der Waals surface area contributed by atoms with Gasteiger partial charge in [0.15, 0.2) is 5.78 Å². The molecule has 0 aromatic heterocycles. The largest absolute Gasteiger partial charge is 0.481 e. The van der Waals surface area contributed by atoms with Crippen LogP contribution in [-0.4, -0.2) is 121 Å². The predicted octanol–water partition coefficient (Wildman–Crippen LogP) is 4.96. The Bertz CT molecular complexity index is 1500. The number of carbonyl (C=O) groups is 5. The first-order valence-electron chi connectivity index (χ1n) is 20.0. The van der Waals surface area contributed by atoms with Crippen molar-refractivity contribution in [3.05, 3.63) is 29.8 Å². The van der Waals surface area contributed by atoms with Gasteiger partial charge in [0, 0.05) is 58.2 Å². The molecule has 2 rings (SSSR count). The summed E-state index contributed by atoms with van der Waals surface area (Å²) in [6.45, 7) is 13.7. The van der Waals surface area contributed by atoms with Gasteiger partial charge >= 0.3 is 5.97 Å². The molecular weight excluding hydrogens is 714 g/mol. The predicted molar refractivity (Wildman–Crippen MR) is 216 cm³/mol. The Labute approximate surface area is 335 Å². The molecule has 13 nitrogen and oxygen atoms in total. The number of Topliss-reactive ketones (excluding diaryl/α,β-unsaturated/α-hetero) is 2. The van der Waals surface area contributed by atoms with Crippen molar-refractivity contribution in [3.63, 3.8) is 0 Å². The summed E-state index contributed by atoms with van der Waals surface area (Å²) in [5, 5.41) is 20.0. The van der Waals surface area contributed by atoms with Gasteiger partial charge in [0.2, 0.25) is 11.8 Å². The zero-order chi connectivity index (χ0) is 42.6. The number of hydrogen-bond acceptors (Lipinski definition) is 10. The number of anilines is 1. The van der Waals surface area contributed by atoms with E-state index in [1.54, 1.807) is 48.0 Å². The van der Waals surface area contributed by atoms with E-state index in [2.05, 4.69) is 6.07 Å². The van der Waals surface area contributed by atoms with E-state index in [9.17, 15) is 34.3 Å². The number of nitriles is 1. The number of amides is 2. The molecule has 2 amide bonds. The van der Waals surface area contributed by atoms with Crippen molar-refractivity contribution in [2.45, 2.75) is 117 Å². The maximum absolute atomic E-state index is 14.3. The van der Waals surface area contributed by atoms with Crippen LogP contribution in [0.25, 0.3) is 0 Å². The highest BCUT2D eigenvalue weighted by molar-refractivity contribution is 5.90. The highest BCUT2D eigenvalue weighted by Crippen LogP contribution is 2.33. The molecule has 0 saturated carbocycles. The number of carboxylic acid groups (broad SMARTS) is 1. The standard InChI is InChI=1S/C43H69N5O8/c1-13-27(6)40(47(10)42(52)33(25(2)3)21-36(50)39(26(4)5)46(8)9)37(55-11)22-38(51)48-24-30(23-44)19-34(48)41(56-12)28(7)35(49)20-31(43(53)54)18-29-14-16-32(45)17-15-29/h14-17,25-28,30-31,33-34,37,39-41H,13,18-22,24,45H2,1-12H3,(H,53,54)/t27-,28-,30-,31+,33-,34-,37+,39-,40-,41+/m0/s1. The number of nitrogens with two attached hydrogens (primary N) is 1. The second kappa shape index (κ2) is 22.2. The molecule has 1 aliphatic heterocycles. The van der Waals surface area contributed by atoms with Gasteiger partial charge < -0.3 is 30.1 Å². The van der Waals surface area contributed by atoms with Gasteiger partial charge in [0.1, 0.15) is 5.78 Å². The van der Waals surface area contributed by atoms with E-state index in [-0.39, 0.29) is 85.8 Å².